The van der Waals surface area contributed by atoms with Crippen LogP contribution in [0.1, 0.15) is 0 Å². The first-order valence-corrected chi connectivity index (χ1v) is 18.1. The molecule has 4 aromatic heterocycles. The number of nitrogens with zero attached hydrogens (tertiary/aromatic N) is 3. The van der Waals surface area contributed by atoms with Crippen LogP contribution in [0.5, 0.6) is 0 Å². The smallest absolute Gasteiger partial charge is 0.161 e. The van der Waals surface area contributed by atoms with E-state index < -0.39 is 0 Å². The number of benzene rings is 7. The van der Waals surface area contributed by atoms with Gasteiger partial charge in [-0.05, 0) is 30.3 Å². The molecule has 11 rings (SSSR count). The predicted octanol–water partition coefficient (Wildman–Crippen LogP) is 12.8. The quantitative estimate of drug-likeness (QED) is 0.189. The molecule has 11 aromatic rings. The van der Waals surface area contributed by atoms with Crippen LogP contribution in [0.4, 0.5) is 0 Å². The van der Waals surface area contributed by atoms with Crippen LogP contribution in [-0.2, 0) is 0 Å². The molecule has 5 heteroatoms. The number of thiophene rings is 2. The molecule has 228 valence electrons. The Kier molecular flexibility index (Phi) is 5.70. The monoisotopic (exact) mass is 659 g/mol. The van der Waals surface area contributed by atoms with Gasteiger partial charge in [0.25, 0.3) is 0 Å². The zero-order valence-electron chi connectivity index (χ0n) is 26.1. The summed E-state index contributed by atoms with van der Waals surface area (Å²) in [5.41, 5.74) is 6.64. The first kappa shape index (κ1) is 27.1. The van der Waals surface area contributed by atoms with Gasteiger partial charge < -0.3 is 4.57 Å². The van der Waals surface area contributed by atoms with E-state index in [1.54, 1.807) is 11.3 Å². The van der Waals surface area contributed by atoms with Crippen molar-refractivity contribution in [2.24, 2.45) is 0 Å². The molecule has 0 unspecified atom stereocenters. The first-order chi connectivity index (χ1) is 24.3. The van der Waals surface area contributed by atoms with Gasteiger partial charge in [-0.3, -0.25) is 0 Å². The molecule has 0 aliphatic rings. The summed E-state index contributed by atoms with van der Waals surface area (Å²) in [6.45, 7) is 0. The van der Waals surface area contributed by atoms with E-state index in [0.717, 1.165) is 38.5 Å². The molecule has 0 aliphatic heterocycles. The Morgan fingerprint density at radius 1 is 0.429 bits per heavy atom. The second-order valence-corrected chi connectivity index (χ2v) is 14.6. The van der Waals surface area contributed by atoms with Crippen LogP contribution < -0.4 is 0 Å². The molecular weight excluding hydrogens is 635 g/mol. The lowest BCUT2D eigenvalue weighted by Crippen LogP contribution is -1.96. The number of fused-ring (bicyclic) bond motifs is 13. The highest BCUT2D eigenvalue weighted by Gasteiger charge is 2.22. The average molecular weight is 660 g/mol. The molecule has 7 aromatic carbocycles. The maximum absolute atomic E-state index is 5.24. The number of hydrogen-bond acceptors (Lipinski definition) is 4. The first-order valence-electron chi connectivity index (χ1n) is 16.4. The van der Waals surface area contributed by atoms with Gasteiger partial charge >= 0.3 is 0 Å². The Morgan fingerprint density at radius 3 is 1.82 bits per heavy atom. The fourth-order valence-corrected chi connectivity index (χ4v) is 10.0. The number of hydrogen-bond donors (Lipinski definition) is 0. The summed E-state index contributed by atoms with van der Waals surface area (Å²) in [4.78, 5) is 11.3. The Morgan fingerprint density at radius 2 is 1.04 bits per heavy atom. The standard InChI is InChI=1S/C44H25N3S2/c1-2-12-27(13-3-1)43-45-40(39-33-18-8-11-21-36(33)49-44(39)46-43)26-22-24-28(25-23-26)47-34-19-9-6-16-31(34)37-38-32-17-7-10-20-35(32)48-42(38)30-15-5-4-14-29(30)41(37)47/h1-25H. The molecule has 0 saturated heterocycles. The zero-order valence-corrected chi connectivity index (χ0v) is 27.7. The van der Waals surface area contributed by atoms with Gasteiger partial charge in [-0.15, -0.1) is 22.7 Å². The van der Waals surface area contributed by atoms with E-state index in [1.165, 1.54) is 62.8 Å². The highest BCUT2D eigenvalue weighted by molar-refractivity contribution is 7.27. The highest BCUT2D eigenvalue weighted by Crippen LogP contribution is 2.48. The SMILES string of the molecule is c1ccc(-c2nc(-c3ccc(-n4c5ccccc5c5c6c7ccccc7sc6c6ccccc6c54)cc3)c3c(n2)sc2ccccc23)cc1. The summed E-state index contributed by atoms with van der Waals surface area (Å²) in [5, 5.41) is 10.1. The Bertz CT molecular complexity index is 3090. The van der Waals surface area contributed by atoms with Gasteiger partial charge in [0, 0.05) is 74.0 Å². The van der Waals surface area contributed by atoms with Gasteiger partial charge in [0.05, 0.1) is 16.7 Å². The van der Waals surface area contributed by atoms with Crippen LogP contribution in [0.25, 0.3) is 101 Å². The molecule has 0 N–H and O–H groups in total. The largest absolute Gasteiger partial charge is 0.309 e. The lowest BCUT2D eigenvalue weighted by atomic mass is 10.00. The van der Waals surface area contributed by atoms with Crippen LogP contribution >= 0.6 is 22.7 Å². The van der Waals surface area contributed by atoms with Crippen molar-refractivity contribution in [1.29, 1.82) is 0 Å². The predicted molar refractivity (Wildman–Crippen MR) is 211 cm³/mol. The van der Waals surface area contributed by atoms with Crippen molar-refractivity contribution in [3.63, 3.8) is 0 Å². The summed E-state index contributed by atoms with van der Waals surface area (Å²) in [7, 11) is 0. The minimum Gasteiger partial charge on any atom is -0.309 e. The van der Waals surface area contributed by atoms with Crippen molar-refractivity contribution >= 4 is 95.7 Å². The lowest BCUT2D eigenvalue weighted by Gasteiger charge is -2.12. The van der Waals surface area contributed by atoms with Crippen LogP contribution in [0.2, 0.25) is 0 Å². The summed E-state index contributed by atoms with van der Waals surface area (Å²) < 4.78 is 6.36. The van der Waals surface area contributed by atoms with E-state index in [0.29, 0.717) is 0 Å². The van der Waals surface area contributed by atoms with E-state index >= 15 is 0 Å². The summed E-state index contributed by atoms with van der Waals surface area (Å²) in [6.07, 6.45) is 0. The summed E-state index contributed by atoms with van der Waals surface area (Å²) in [5.74, 6) is 0.750. The number of para-hydroxylation sites is 1. The molecule has 0 atom stereocenters. The second-order valence-electron chi connectivity index (χ2n) is 12.5. The van der Waals surface area contributed by atoms with E-state index in [4.69, 9.17) is 9.97 Å². The van der Waals surface area contributed by atoms with E-state index in [2.05, 4.69) is 138 Å². The molecule has 0 radical (unpaired) electrons. The Balaban J connectivity index is 1.20. The minimum absolute atomic E-state index is 0.750. The van der Waals surface area contributed by atoms with Gasteiger partial charge in [0.2, 0.25) is 0 Å². The molecule has 0 aliphatic carbocycles. The van der Waals surface area contributed by atoms with Crippen LogP contribution in [0.3, 0.4) is 0 Å². The van der Waals surface area contributed by atoms with Crippen molar-refractivity contribution < 1.29 is 0 Å². The summed E-state index contributed by atoms with van der Waals surface area (Å²) in [6, 6.07) is 54.5. The maximum atomic E-state index is 5.24. The maximum Gasteiger partial charge on any atom is 0.161 e. The van der Waals surface area contributed by atoms with Crippen LogP contribution in [0.15, 0.2) is 152 Å². The molecular formula is C44H25N3S2. The fraction of sp³-hybridized carbons (Fsp3) is 0. The zero-order chi connectivity index (χ0) is 32.1. The molecule has 3 nitrogen and oxygen atoms in total. The van der Waals surface area contributed by atoms with Crippen molar-refractivity contribution in [2.75, 3.05) is 0 Å². The van der Waals surface area contributed by atoms with E-state index in [-0.39, 0.29) is 0 Å². The number of aromatic nitrogens is 3. The second kappa shape index (κ2) is 10.3. The summed E-state index contributed by atoms with van der Waals surface area (Å²) >= 11 is 3.63. The van der Waals surface area contributed by atoms with Crippen molar-refractivity contribution in [2.45, 2.75) is 0 Å². The molecule has 49 heavy (non-hydrogen) atoms. The van der Waals surface area contributed by atoms with Gasteiger partial charge in [-0.2, -0.15) is 0 Å². The molecule has 0 fully saturated rings. The third kappa shape index (κ3) is 3.88. The van der Waals surface area contributed by atoms with E-state index in [9.17, 15) is 0 Å². The van der Waals surface area contributed by atoms with Crippen LogP contribution in [-0.4, -0.2) is 14.5 Å². The molecule has 0 saturated carbocycles. The van der Waals surface area contributed by atoms with Crippen molar-refractivity contribution in [3.8, 4) is 28.3 Å². The van der Waals surface area contributed by atoms with Crippen molar-refractivity contribution in [1.82, 2.24) is 14.5 Å². The molecule has 4 heterocycles. The highest BCUT2D eigenvalue weighted by atomic mass is 32.1. The topological polar surface area (TPSA) is 30.7 Å². The normalized spacial score (nSPS) is 12.1. The molecule has 0 amide bonds. The lowest BCUT2D eigenvalue weighted by molar-refractivity contribution is 1.18. The van der Waals surface area contributed by atoms with E-state index in [1.807, 2.05) is 29.5 Å². The molecule has 0 spiro atoms. The number of rotatable bonds is 3. The van der Waals surface area contributed by atoms with Gasteiger partial charge in [-0.25, -0.2) is 9.97 Å². The van der Waals surface area contributed by atoms with Gasteiger partial charge in [0.15, 0.2) is 5.82 Å². The van der Waals surface area contributed by atoms with Crippen molar-refractivity contribution in [3.05, 3.63) is 152 Å². The van der Waals surface area contributed by atoms with Crippen LogP contribution in [0, 0.1) is 0 Å². The average Bonchev–Trinajstić information content (AvgIpc) is 3.85. The fourth-order valence-electron chi connectivity index (χ4n) is 7.70. The third-order valence-electron chi connectivity index (χ3n) is 9.82. The Labute approximate surface area is 289 Å². The van der Waals surface area contributed by atoms with Gasteiger partial charge in [-0.1, -0.05) is 121 Å². The minimum atomic E-state index is 0.750. The van der Waals surface area contributed by atoms with Gasteiger partial charge in [0.1, 0.15) is 4.83 Å². The Hall–Kier alpha value is -5.88. The third-order valence-corrected chi connectivity index (χ3v) is 12.1. The molecule has 0 bridgehead atoms.